The van der Waals surface area contributed by atoms with E-state index in [4.69, 9.17) is 21.4 Å². The van der Waals surface area contributed by atoms with Gasteiger partial charge in [-0.1, -0.05) is 11.6 Å². The molecule has 1 aromatic rings. The molecule has 0 aliphatic heterocycles. The summed E-state index contributed by atoms with van der Waals surface area (Å²) in [5.74, 6) is -0.511. The van der Waals surface area contributed by atoms with Gasteiger partial charge in [0.15, 0.2) is 0 Å². The Morgan fingerprint density at radius 1 is 1.32 bits per heavy atom. The molecule has 6 heteroatoms. The molecular formula is C13H16ClNO4. The van der Waals surface area contributed by atoms with Crippen LogP contribution in [0, 0.1) is 0 Å². The quantitative estimate of drug-likeness (QED) is 0.755. The number of benzene rings is 1. The number of carbonyl (C=O) groups is 2. The van der Waals surface area contributed by atoms with E-state index in [1.165, 1.54) is 7.11 Å². The highest BCUT2D eigenvalue weighted by Crippen LogP contribution is 2.27. The van der Waals surface area contributed by atoms with Crippen molar-refractivity contribution >= 4 is 29.2 Å². The number of methoxy groups -OCH3 is 1. The second kappa shape index (κ2) is 7.63. The van der Waals surface area contributed by atoms with Gasteiger partial charge in [-0.05, 0) is 25.0 Å². The summed E-state index contributed by atoms with van der Waals surface area (Å²) in [4.78, 5) is 21.9. The molecule has 0 aliphatic carbocycles. The van der Waals surface area contributed by atoms with E-state index < -0.39 is 5.97 Å². The van der Waals surface area contributed by atoms with Gasteiger partial charge in [0.25, 0.3) is 0 Å². The van der Waals surface area contributed by atoms with Crippen LogP contribution in [0.25, 0.3) is 0 Å². The van der Waals surface area contributed by atoms with Crippen molar-refractivity contribution in [1.82, 2.24) is 0 Å². The number of anilines is 1. The first-order chi connectivity index (χ1) is 9.02. The molecule has 104 valence electrons. The molecule has 0 heterocycles. The fourth-order valence-corrected chi connectivity index (χ4v) is 1.72. The molecule has 0 atom stereocenters. The van der Waals surface area contributed by atoms with Gasteiger partial charge < -0.3 is 15.2 Å². The zero-order chi connectivity index (χ0) is 14.3. The lowest BCUT2D eigenvalue weighted by Crippen LogP contribution is -2.11. The van der Waals surface area contributed by atoms with Gasteiger partial charge in [0.05, 0.1) is 12.1 Å². The first-order valence-electron chi connectivity index (χ1n) is 5.88. The van der Waals surface area contributed by atoms with E-state index in [0.717, 1.165) is 0 Å². The molecule has 0 saturated heterocycles. The standard InChI is InChI=1S/C13H16ClNO4/c1-19-11-8-9(6-7-10(11)14)15-12(16)4-2-3-5-13(17)18/h6-8H,2-5H2,1H3,(H,15,16)(H,17,18). The number of aliphatic carboxylic acids is 1. The molecule has 0 bridgehead atoms. The third kappa shape index (κ3) is 5.61. The maximum absolute atomic E-state index is 11.6. The summed E-state index contributed by atoms with van der Waals surface area (Å²) in [6.45, 7) is 0. The lowest BCUT2D eigenvalue weighted by atomic mass is 10.2. The van der Waals surface area contributed by atoms with Gasteiger partial charge in [0.2, 0.25) is 5.91 Å². The van der Waals surface area contributed by atoms with Gasteiger partial charge >= 0.3 is 5.97 Å². The number of amides is 1. The van der Waals surface area contributed by atoms with Crippen LogP contribution in [0.2, 0.25) is 5.02 Å². The van der Waals surface area contributed by atoms with Crippen LogP contribution in [0.4, 0.5) is 5.69 Å². The normalized spacial score (nSPS) is 10.0. The highest BCUT2D eigenvalue weighted by atomic mass is 35.5. The maximum atomic E-state index is 11.6. The van der Waals surface area contributed by atoms with Gasteiger partial charge in [-0.2, -0.15) is 0 Å². The first kappa shape index (κ1) is 15.3. The van der Waals surface area contributed by atoms with Crippen LogP contribution in [0.5, 0.6) is 5.75 Å². The van der Waals surface area contributed by atoms with Gasteiger partial charge in [-0.25, -0.2) is 0 Å². The molecule has 0 spiro atoms. The number of carboxylic acid groups (broad SMARTS) is 1. The molecule has 0 radical (unpaired) electrons. The molecule has 0 saturated carbocycles. The van der Waals surface area contributed by atoms with Crippen LogP contribution < -0.4 is 10.1 Å². The van der Waals surface area contributed by atoms with Crippen LogP contribution in [0.1, 0.15) is 25.7 Å². The fraction of sp³-hybridized carbons (Fsp3) is 0.385. The predicted octanol–water partition coefficient (Wildman–Crippen LogP) is 2.93. The van der Waals surface area contributed by atoms with Gasteiger partial charge in [0.1, 0.15) is 5.75 Å². The number of hydrogen-bond donors (Lipinski definition) is 2. The molecule has 0 fully saturated rings. The van der Waals surface area contributed by atoms with E-state index in [-0.39, 0.29) is 18.7 Å². The third-order valence-corrected chi connectivity index (χ3v) is 2.79. The third-order valence-electron chi connectivity index (χ3n) is 2.48. The molecule has 1 rings (SSSR count). The predicted molar refractivity (Wildman–Crippen MR) is 72.7 cm³/mol. The van der Waals surface area contributed by atoms with Crippen LogP contribution in [-0.2, 0) is 9.59 Å². The Morgan fingerprint density at radius 2 is 2.00 bits per heavy atom. The van der Waals surface area contributed by atoms with Crippen LogP contribution >= 0.6 is 11.6 Å². The Balaban J connectivity index is 2.42. The largest absolute Gasteiger partial charge is 0.495 e. The Hall–Kier alpha value is -1.75. The second-order valence-corrected chi connectivity index (χ2v) is 4.41. The SMILES string of the molecule is COc1cc(NC(=O)CCCCC(=O)O)ccc1Cl. The average Bonchev–Trinajstić information content (AvgIpc) is 2.37. The van der Waals surface area contributed by atoms with Gasteiger partial charge in [0, 0.05) is 24.6 Å². The maximum Gasteiger partial charge on any atom is 0.303 e. The van der Waals surface area contributed by atoms with E-state index in [2.05, 4.69) is 5.32 Å². The summed E-state index contributed by atoms with van der Waals surface area (Å²) >= 11 is 5.87. The number of ether oxygens (including phenoxy) is 1. The summed E-state index contributed by atoms with van der Waals surface area (Å²) < 4.78 is 5.04. The lowest BCUT2D eigenvalue weighted by Gasteiger charge is -2.08. The number of unbranched alkanes of at least 4 members (excludes halogenated alkanes) is 1. The minimum absolute atomic E-state index is 0.0854. The Bertz CT molecular complexity index is 462. The Labute approximate surface area is 116 Å². The molecular weight excluding hydrogens is 270 g/mol. The number of nitrogens with one attached hydrogen (secondary N) is 1. The smallest absolute Gasteiger partial charge is 0.303 e. The van der Waals surface area contributed by atoms with E-state index in [9.17, 15) is 9.59 Å². The van der Waals surface area contributed by atoms with Crippen molar-refractivity contribution in [3.8, 4) is 5.75 Å². The van der Waals surface area contributed by atoms with Gasteiger partial charge in [-0.15, -0.1) is 0 Å². The van der Waals surface area contributed by atoms with Crippen LogP contribution in [-0.4, -0.2) is 24.1 Å². The topological polar surface area (TPSA) is 75.6 Å². The van der Waals surface area contributed by atoms with Crippen molar-refractivity contribution < 1.29 is 19.4 Å². The van der Waals surface area contributed by atoms with Gasteiger partial charge in [-0.3, -0.25) is 9.59 Å². The number of carboxylic acids is 1. The summed E-state index contributed by atoms with van der Waals surface area (Å²) in [6, 6.07) is 4.96. The molecule has 5 nitrogen and oxygen atoms in total. The van der Waals surface area contributed by atoms with Crippen molar-refractivity contribution in [3.05, 3.63) is 23.2 Å². The molecule has 0 unspecified atom stereocenters. The average molecular weight is 286 g/mol. The number of hydrogen-bond acceptors (Lipinski definition) is 3. The molecule has 19 heavy (non-hydrogen) atoms. The minimum atomic E-state index is -0.845. The summed E-state index contributed by atoms with van der Waals surface area (Å²) in [6.07, 6.45) is 1.41. The Kier molecular flexibility index (Phi) is 6.15. The molecule has 0 aliphatic rings. The monoisotopic (exact) mass is 285 g/mol. The number of rotatable bonds is 7. The van der Waals surface area contributed by atoms with Crippen LogP contribution in [0.15, 0.2) is 18.2 Å². The number of halogens is 1. The zero-order valence-electron chi connectivity index (χ0n) is 10.6. The highest BCUT2D eigenvalue weighted by Gasteiger charge is 2.06. The highest BCUT2D eigenvalue weighted by molar-refractivity contribution is 6.32. The van der Waals surface area contributed by atoms with Crippen molar-refractivity contribution in [1.29, 1.82) is 0 Å². The first-order valence-corrected chi connectivity index (χ1v) is 6.26. The number of carbonyl (C=O) groups excluding carboxylic acids is 1. The van der Waals surface area contributed by atoms with E-state index >= 15 is 0 Å². The molecule has 2 N–H and O–H groups in total. The zero-order valence-corrected chi connectivity index (χ0v) is 11.4. The van der Waals surface area contributed by atoms with Crippen molar-refractivity contribution in [3.63, 3.8) is 0 Å². The minimum Gasteiger partial charge on any atom is -0.495 e. The van der Waals surface area contributed by atoms with E-state index in [1.807, 2.05) is 0 Å². The summed E-state index contributed by atoms with van der Waals surface area (Å²) in [5.41, 5.74) is 0.601. The summed E-state index contributed by atoms with van der Waals surface area (Å²) in [5, 5.41) is 11.7. The van der Waals surface area contributed by atoms with Crippen molar-refractivity contribution in [2.24, 2.45) is 0 Å². The Morgan fingerprint density at radius 3 is 2.63 bits per heavy atom. The lowest BCUT2D eigenvalue weighted by molar-refractivity contribution is -0.137. The fourth-order valence-electron chi connectivity index (χ4n) is 1.52. The van der Waals surface area contributed by atoms with Crippen molar-refractivity contribution in [2.45, 2.75) is 25.7 Å². The second-order valence-electron chi connectivity index (χ2n) is 4.00. The summed E-state index contributed by atoms with van der Waals surface area (Å²) in [7, 11) is 1.50. The molecule has 0 aromatic heterocycles. The molecule has 1 amide bonds. The molecule has 1 aromatic carbocycles. The van der Waals surface area contributed by atoms with E-state index in [0.29, 0.717) is 29.3 Å². The van der Waals surface area contributed by atoms with Crippen LogP contribution in [0.3, 0.4) is 0 Å². The van der Waals surface area contributed by atoms with E-state index in [1.54, 1.807) is 18.2 Å². The van der Waals surface area contributed by atoms with Crippen molar-refractivity contribution in [2.75, 3.05) is 12.4 Å².